The van der Waals surface area contributed by atoms with Crippen LogP contribution in [-0.2, 0) is 58.2 Å². The quantitative estimate of drug-likeness (QED) is 0.0269. The molecule has 0 radical (unpaired) electrons. The van der Waals surface area contributed by atoms with E-state index in [4.69, 9.17) is 27.1 Å². The number of hydrogen-bond acceptors (Lipinski definition) is 12. The summed E-state index contributed by atoms with van der Waals surface area (Å²) in [5.74, 6) is 0.0894. The Kier molecular flexibility index (Phi) is 26.0. The normalized spacial score (nSPS) is 15.6. The van der Waals surface area contributed by atoms with Crippen molar-refractivity contribution in [3.8, 4) is 23.0 Å². The Balaban J connectivity index is 0.000000672. The number of phosphoric ester groups is 1. The van der Waals surface area contributed by atoms with Crippen LogP contribution in [0.4, 0.5) is 54.5 Å². The number of carbonyl (C=O) groups is 3. The minimum atomic E-state index is -4.87. The molecule has 5 rings (SSSR count). The van der Waals surface area contributed by atoms with E-state index < -0.39 is 125 Å². The molecular formula is C47H56ClF10N8O10PS2. The highest BCUT2D eigenvalue weighted by molar-refractivity contribution is 7.86. The van der Waals surface area contributed by atoms with Gasteiger partial charge >= 0.3 is 26.2 Å². The van der Waals surface area contributed by atoms with Crippen LogP contribution >= 0.6 is 19.4 Å². The lowest BCUT2D eigenvalue weighted by molar-refractivity contribution is -0.141. The van der Waals surface area contributed by atoms with Crippen LogP contribution < -0.4 is 15.4 Å². The van der Waals surface area contributed by atoms with Gasteiger partial charge in [0, 0.05) is 73.2 Å². The summed E-state index contributed by atoms with van der Waals surface area (Å²) in [5.41, 5.74) is 1.99. The maximum atomic E-state index is 14.2. The highest BCUT2D eigenvalue weighted by atomic mass is 35.5. The molecular weight excluding hydrogens is 1160 g/mol. The summed E-state index contributed by atoms with van der Waals surface area (Å²) < 4.78 is 177. The van der Waals surface area contributed by atoms with Gasteiger partial charge in [0.15, 0.2) is 12.6 Å². The Morgan fingerprint density at radius 2 is 1.65 bits per heavy atom. The lowest BCUT2D eigenvalue weighted by atomic mass is 9.94. The van der Waals surface area contributed by atoms with Gasteiger partial charge in [0.1, 0.15) is 57.3 Å². The second-order valence-corrected chi connectivity index (χ2v) is 21.4. The molecule has 2 heterocycles. The van der Waals surface area contributed by atoms with Gasteiger partial charge in [-0.3, -0.25) is 23.2 Å². The number of methoxy groups -OCH3 is 1. The van der Waals surface area contributed by atoms with E-state index in [0.29, 0.717) is 27.7 Å². The van der Waals surface area contributed by atoms with Gasteiger partial charge in [-0.25, -0.2) is 27.3 Å². The number of nitrogens with two attached hydrogens (primary N) is 1. The van der Waals surface area contributed by atoms with Crippen molar-refractivity contribution in [1.29, 1.82) is 0 Å². The van der Waals surface area contributed by atoms with E-state index in [9.17, 15) is 71.3 Å². The number of nitrogens with one attached hydrogen (secondary N) is 1. The third-order valence-electron chi connectivity index (χ3n) is 10.4. The maximum absolute atomic E-state index is 14.2. The molecule has 3 atom stereocenters. The fourth-order valence-electron chi connectivity index (χ4n) is 6.84. The minimum absolute atomic E-state index is 0.000436. The van der Waals surface area contributed by atoms with Crippen LogP contribution in [0.15, 0.2) is 58.7 Å². The Hall–Kier alpha value is -5.80. The number of rotatable bonds is 16. The van der Waals surface area contributed by atoms with E-state index in [1.54, 1.807) is 13.8 Å². The first-order valence-electron chi connectivity index (χ1n) is 22.8. The Morgan fingerprint density at radius 3 is 2.13 bits per heavy atom. The molecule has 1 aliphatic rings. The van der Waals surface area contributed by atoms with Crippen LogP contribution in [0.2, 0.25) is 5.02 Å². The SMILES string of the molecule is CC.CCN=C1/C(=C(\N)C(F)(F)F)CCC1(F)F.CN(CC=O)C(=O)N(c1nn(CC(F)(F)F)c2c(-c3ccc(C#CC(C)(C)S(C)=O)nc3C(Cc3cc(F)cc(F)c3)NC=O)ccc(Cl)c12)S(C)=O.COCOP(=O)(O)O. The van der Waals surface area contributed by atoms with E-state index in [1.807, 2.05) is 13.8 Å². The van der Waals surface area contributed by atoms with Crippen LogP contribution in [0.3, 0.4) is 0 Å². The molecule has 3 amide bonds. The molecule has 0 aliphatic heterocycles. The van der Waals surface area contributed by atoms with Gasteiger partial charge in [-0.05, 0) is 75.4 Å². The van der Waals surface area contributed by atoms with Crippen molar-refractivity contribution < 1.29 is 90.3 Å². The number of hydrogen-bond donors (Lipinski definition) is 4. The molecule has 3 unspecified atom stereocenters. The molecule has 1 saturated carbocycles. The molecule has 2 aromatic carbocycles. The summed E-state index contributed by atoms with van der Waals surface area (Å²) in [4.78, 5) is 61.3. The second kappa shape index (κ2) is 29.6. The number of anilines is 1. The first-order valence-corrected chi connectivity index (χ1v) is 27.8. The predicted octanol–water partition coefficient (Wildman–Crippen LogP) is 8.86. The average molecular weight is 1210 g/mol. The second-order valence-electron chi connectivity index (χ2n) is 16.6. The van der Waals surface area contributed by atoms with E-state index >= 15 is 0 Å². The van der Waals surface area contributed by atoms with E-state index in [1.165, 1.54) is 51.6 Å². The molecule has 0 spiro atoms. The first-order chi connectivity index (χ1) is 36.5. The van der Waals surface area contributed by atoms with Gasteiger partial charge in [0.25, 0.3) is 5.92 Å². The van der Waals surface area contributed by atoms with Gasteiger partial charge < -0.3 is 35.3 Å². The van der Waals surface area contributed by atoms with Crippen molar-refractivity contribution in [3.05, 3.63) is 87.3 Å². The molecule has 18 nitrogen and oxygen atoms in total. The summed E-state index contributed by atoms with van der Waals surface area (Å²) in [6.07, 6.45) is -7.72. The van der Waals surface area contributed by atoms with Crippen LogP contribution in [0.5, 0.6) is 0 Å². The zero-order chi connectivity index (χ0) is 60.6. The number of pyridine rings is 1. The fraction of sp³-hybridized carbons (Fsp3) is 0.447. The van der Waals surface area contributed by atoms with Crippen molar-refractivity contribution in [1.82, 2.24) is 25.0 Å². The van der Waals surface area contributed by atoms with Gasteiger partial charge in [-0.2, -0.15) is 44.5 Å². The van der Waals surface area contributed by atoms with Crippen molar-refractivity contribution in [2.75, 3.05) is 50.9 Å². The number of aromatic nitrogens is 3. The number of amides is 3. The number of allylic oxidation sites excluding steroid dienone is 2. The monoisotopic (exact) mass is 1210 g/mol. The molecule has 4 aromatic rings. The van der Waals surface area contributed by atoms with Crippen molar-refractivity contribution in [3.63, 3.8) is 0 Å². The van der Waals surface area contributed by atoms with Crippen LogP contribution in [-0.4, -0.2) is 132 Å². The molecule has 1 fully saturated rings. The van der Waals surface area contributed by atoms with Gasteiger partial charge in [0.2, 0.25) is 6.41 Å². The van der Waals surface area contributed by atoms with Crippen LogP contribution in [0.25, 0.3) is 22.0 Å². The highest BCUT2D eigenvalue weighted by Gasteiger charge is 2.48. The molecule has 0 bridgehead atoms. The van der Waals surface area contributed by atoms with E-state index in [0.717, 1.165) is 23.3 Å². The molecule has 79 heavy (non-hydrogen) atoms. The zero-order valence-electron chi connectivity index (χ0n) is 43.6. The lowest BCUT2D eigenvalue weighted by Crippen LogP contribution is -2.43. The number of benzene rings is 2. The van der Waals surface area contributed by atoms with Gasteiger partial charge in [0.05, 0.1) is 34.2 Å². The number of alkyl halides is 8. The number of aliphatic imine (C=N–C) groups is 1. The summed E-state index contributed by atoms with van der Waals surface area (Å²) >= 11 is 6.59. The summed E-state index contributed by atoms with van der Waals surface area (Å²) in [5, 5.41) is 6.24. The Bertz CT molecular complexity index is 3020. The largest absolute Gasteiger partial charge is 0.471 e. The number of urea groups is 1. The number of likely N-dealkylation sites (N-methyl/N-ethyl adjacent to an activating group) is 1. The minimum Gasteiger partial charge on any atom is -0.394 e. The highest BCUT2D eigenvalue weighted by Crippen LogP contribution is 2.43. The van der Waals surface area contributed by atoms with Crippen LogP contribution in [0, 0.1) is 23.5 Å². The number of fused-ring (bicyclic) bond motifs is 1. The maximum Gasteiger partial charge on any atom is 0.471 e. The molecule has 2 aromatic heterocycles. The average Bonchev–Trinajstić information content (AvgIpc) is 3.86. The lowest BCUT2D eigenvalue weighted by Gasteiger charge is -2.23. The van der Waals surface area contributed by atoms with Gasteiger partial charge in [-0.15, -0.1) is 0 Å². The molecule has 1 aliphatic carbocycles. The van der Waals surface area contributed by atoms with Crippen molar-refractivity contribution in [2.24, 2.45) is 10.7 Å². The molecule has 0 saturated heterocycles. The molecule has 438 valence electrons. The number of ether oxygens (including phenoxy) is 1. The number of halogens is 11. The van der Waals surface area contributed by atoms with E-state index in [2.05, 4.69) is 41.5 Å². The summed E-state index contributed by atoms with van der Waals surface area (Å²) in [7, 11) is -5.45. The standard InChI is InChI=1S/C34H32ClF5N6O5S2.C9H11F5N2.C2H7O5P.C2H6/c1-33(2,52(4)50)11-10-23-6-7-24(29(42-23)27(41-19-48)16-20-14-21(36)17-22(37)15-20)25-8-9-26(35)28-30(25)45(18-34(38,39)40)43-31(28)46(53(5)51)32(49)44(3)12-13-47;1-2-16-7-5(3-4-8(7,10)11)6(15)9(12,13)14;1-6-2-7-8(3,4)5;1-2/h6-9,13-15,17,19,27H,12,16,18H2,1-5H3,(H,41,48);2-4,15H2,1H3;2H2,1H3,(H2,3,4,5);1-2H3/b;6-5-,16-7?;;. The molecule has 32 heteroatoms. The van der Waals surface area contributed by atoms with Crippen molar-refractivity contribution in [2.45, 2.75) is 89.5 Å². The topological polar surface area (TPSA) is 249 Å². The van der Waals surface area contributed by atoms with Crippen molar-refractivity contribution >= 4 is 82.4 Å². The molecule has 5 N–H and O–H groups in total. The third kappa shape index (κ3) is 20.1. The third-order valence-corrected chi connectivity index (χ3v) is 13.6. The number of carbonyl (C=O) groups excluding carboxylic acids is 3. The fourth-order valence-corrected chi connectivity index (χ4v) is 8.25. The van der Waals surface area contributed by atoms with Gasteiger partial charge in [-0.1, -0.05) is 37.4 Å². The number of aldehydes is 1. The summed E-state index contributed by atoms with van der Waals surface area (Å²) in [6, 6.07) is 6.06. The Labute approximate surface area is 457 Å². The zero-order valence-corrected chi connectivity index (χ0v) is 46.8. The Morgan fingerprint density at radius 1 is 1.05 bits per heavy atom. The first kappa shape index (κ1) is 69.3. The predicted molar refractivity (Wildman–Crippen MR) is 277 cm³/mol. The number of phosphoric acid groups is 1. The smallest absolute Gasteiger partial charge is 0.394 e. The summed E-state index contributed by atoms with van der Waals surface area (Å²) in [6.45, 7) is 6.22. The van der Waals surface area contributed by atoms with E-state index in [-0.39, 0.29) is 63.8 Å². The van der Waals surface area contributed by atoms with Crippen LogP contribution in [0.1, 0.15) is 70.5 Å². The number of nitrogens with zero attached hydrogens (tertiary/aromatic N) is 6.